The number of nitrogens with zero attached hydrogens (tertiary/aromatic N) is 4. The molecule has 0 bridgehead atoms. The van der Waals surface area contributed by atoms with Gasteiger partial charge in [-0.05, 0) is 41.5 Å². The van der Waals surface area contributed by atoms with E-state index in [-0.39, 0.29) is 0 Å². The highest BCUT2D eigenvalue weighted by Gasteiger charge is 2.39. The fraction of sp³-hybridized carbons (Fsp3) is 0.136. The highest BCUT2D eigenvalue weighted by molar-refractivity contribution is 6.30. The fourth-order valence-electron chi connectivity index (χ4n) is 3.49. The minimum Gasteiger partial charge on any atom is -0.474 e. The molecule has 29 heavy (non-hydrogen) atoms. The molecule has 0 aliphatic carbocycles. The van der Waals surface area contributed by atoms with Crippen molar-refractivity contribution in [2.45, 2.75) is 12.1 Å². The molecule has 4 aromatic rings. The van der Waals surface area contributed by atoms with Gasteiger partial charge < -0.3 is 9.15 Å². The Balaban J connectivity index is 1.50. The van der Waals surface area contributed by atoms with Crippen molar-refractivity contribution in [1.29, 1.82) is 0 Å². The predicted molar refractivity (Wildman–Crippen MR) is 110 cm³/mol. The van der Waals surface area contributed by atoms with Crippen LogP contribution in [0.1, 0.15) is 11.1 Å². The second-order valence-electron chi connectivity index (χ2n) is 6.93. The summed E-state index contributed by atoms with van der Waals surface area (Å²) in [5.74, 6) is 0.610. The third-order valence-electron chi connectivity index (χ3n) is 5.02. The van der Waals surface area contributed by atoms with E-state index in [1.54, 1.807) is 23.5 Å². The first-order chi connectivity index (χ1) is 14.2. The SMILES string of the molecule is Clc1ccc(C2(Cn3cncn3)COC(c3ccc(-c4ccoc4)cc3)=N2)cc1. The summed E-state index contributed by atoms with van der Waals surface area (Å²) >= 11 is 6.09. The number of halogens is 1. The molecule has 3 heterocycles. The van der Waals surface area contributed by atoms with Crippen LogP contribution in [0.4, 0.5) is 0 Å². The summed E-state index contributed by atoms with van der Waals surface area (Å²) < 4.78 is 13.0. The quantitative estimate of drug-likeness (QED) is 0.489. The second kappa shape index (κ2) is 7.22. The summed E-state index contributed by atoms with van der Waals surface area (Å²) in [6.45, 7) is 0.929. The molecule has 0 saturated heterocycles. The Labute approximate surface area is 172 Å². The molecule has 0 radical (unpaired) electrons. The van der Waals surface area contributed by atoms with Gasteiger partial charge >= 0.3 is 0 Å². The van der Waals surface area contributed by atoms with Crippen molar-refractivity contribution in [3.63, 3.8) is 0 Å². The Bertz CT molecular complexity index is 1120. The van der Waals surface area contributed by atoms with Crippen LogP contribution in [-0.4, -0.2) is 27.3 Å². The second-order valence-corrected chi connectivity index (χ2v) is 7.36. The van der Waals surface area contributed by atoms with Gasteiger partial charge in [0.2, 0.25) is 5.90 Å². The van der Waals surface area contributed by atoms with Crippen LogP contribution >= 0.6 is 11.6 Å². The highest BCUT2D eigenvalue weighted by Crippen LogP contribution is 2.35. The van der Waals surface area contributed by atoms with Gasteiger partial charge in [0.25, 0.3) is 0 Å². The van der Waals surface area contributed by atoms with Crippen LogP contribution < -0.4 is 0 Å². The molecular formula is C22H17ClN4O2. The third-order valence-corrected chi connectivity index (χ3v) is 5.27. The van der Waals surface area contributed by atoms with Gasteiger partial charge in [-0.25, -0.2) is 9.98 Å². The molecule has 5 rings (SSSR count). The standard InChI is InChI=1S/C22H17ClN4O2/c23-20-7-5-19(6-8-20)22(12-27-15-24-14-25-27)13-29-21(26-22)17-3-1-16(2-4-17)18-9-10-28-11-18/h1-11,14-15H,12-13H2. The molecule has 1 aliphatic rings. The van der Waals surface area contributed by atoms with Crippen LogP contribution in [0.2, 0.25) is 5.02 Å². The summed E-state index contributed by atoms with van der Waals surface area (Å²) in [4.78, 5) is 9.05. The predicted octanol–water partition coefficient (Wildman–Crippen LogP) is 4.56. The number of hydrogen-bond donors (Lipinski definition) is 0. The number of furan rings is 1. The molecule has 0 amide bonds. The molecule has 2 aromatic heterocycles. The zero-order chi connectivity index (χ0) is 19.7. The van der Waals surface area contributed by atoms with Crippen LogP contribution in [0.5, 0.6) is 0 Å². The minimum absolute atomic E-state index is 0.410. The number of benzene rings is 2. The third kappa shape index (κ3) is 3.43. The van der Waals surface area contributed by atoms with E-state index in [1.165, 1.54) is 6.33 Å². The van der Waals surface area contributed by atoms with Gasteiger partial charge in [-0.15, -0.1) is 0 Å². The molecule has 0 N–H and O–H groups in total. The maximum Gasteiger partial charge on any atom is 0.217 e. The molecule has 0 spiro atoms. The van der Waals surface area contributed by atoms with Gasteiger partial charge in [0.1, 0.15) is 24.8 Å². The zero-order valence-electron chi connectivity index (χ0n) is 15.4. The average Bonchev–Trinajstić information content (AvgIpc) is 3.52. The average molecular weight is 405 g/mol. The minimum atomic E-state index is -0.600. The number of aromatic nitrogens is 3. The van der Waals surface area contributed by atoms with Crippen molar-refractivity contribution in [3.8, 4) is 11.1 Å². The first kappa shape index (κ1) is 17.7. The van der Waals surface area contributed by atoms with E-state index in [2.05, 4.69) is 10.1 Å². The maximum absolute atomic E-state index is 6.09. The summed E-state index contributed by atoms with van der Waals surface area (Å²) in [5.41, 5.74) is 3.45. The molecule has 2 aromatic carbocycles. The van der Waals surface area contributed by atoms with E-state index < -0.39 is 5.54 Å². The van der Waals surface area contributed by atoms with Crippen LogP contribution in [0.15, 0.2) is 89.2 Å². The van der Waals surface area contributed by atoms with E-state index in [9.17, 15) is 0 Å². The summed E-state index contributed by atoms with van der Waals surface area (Å²) in [7, 11) is 0. The Kier molecular flexibility index (Phi) is 4.41. The smallest absolute Gasteiger partial charge is 0.217 e. The monoisotopic (exact) mass is 404 g/mol. The summed E-state index contributed by atoms with van der Waals surface area (Å²) in [5, 5.41) is 4.93. The first-order valence-corrected chi connectivity index (χ1v) is 9.54. The van der Waals surface area contributed by atoms with Crippen LogP contribution in [0.3, 0.4) is 0 Å². The lowest BCUT2D eigenvalue weighted by Crippen LogP contribution is -2.31. The van der Waals surface area contributed by atoms with E-state index >= 15 is 0 Å². The number of aliphatic imine (C=N–C) groups is 1. The molecule has 144 valence electrons. The van der Waals surface area contributed by atoms with Crippen LogP contribution in [0.25, 0.3) is 11.1 Å². The Hall–Kier alpha value is -3.38. The van der Waals surface area contributed by atoms with Gasteiger partial charge in [-0.2, -0.15) is 5.10 Å². The van der Waals surface area contributed by atoms with Gasteiger partial charge in [0.05, 0.1) is 19.1 Å². The molecule has 7 heteroatoms. The Morgan fingerprint density at radius 2 is 1.76 bits per heavy atom. The van der Waals surface area contributed by atoms with Crippen molar-refractivity contribution >= 4 is 17.5 Å². The first-order valence-electron chi connectivity index (χ1n) is 9.16. The van der Waals surface area contributed by atoms with Crippen molar-refractivity contribution in [2.24, 2.45) is 4.99 Å². The van der Waals surface area contributed by atoms with E-state index in [1.807, 2.05) is 54.6 Å². The van der Waals surface area contributed by atoms with Gasteiger partial charge in [-0.1, -0.05) is 35.9 Å². The lowest BCUT2D eigenvalue weighted by atomic mass is 9.91. The Morgan fingerprint density at radius 3 is 2.45 bits per heavy atom. The highest BCUT2D eigenvalue weighted by atomic mass is 35.5. The van der Waals surface area contributed by atoms with Crippen LogP contribution in [-0.2, 0) is 16.8 Å². The maximum atomic E-state index is 6.09. The van der Waals surface area contributed by atoms with E-state index in [4.69, 9.17) is 25.7 Å². The van der Waals surface area contributed by atoms with Crippen molar-refractivity contribution in [3.05, 3.63) is 95.9 Å². The largest absolute Gasteiger partial charge is 0.474 e. The summed E-state index contributed by atoms with van der Waals surface area (Å²) in [6, 6.07) is 17.7. The molecule has 6 nitrogen and oxygen atoms in total. The van der Waals surface area contributed by atoms with Gasteiger partial charge in [0, 0.05) is 16.1 Å². The lowest BCUT2D eigenvalue weighted by Gasteiger charge is -2.24. The van der Waals surface area contributed by atoms with Gasteiger partial charge in [0.15, 0.2) is 0 Å². The van der Waals surface area contributed by atoms with Crippen LogP contribution in [0, 0.1) is 0 Å². The van der Waals surface area contributed by atoms with E-state index in [0.717, 1.165) is 22.3 Å². The van der Waals surface area contributed by atoms with Gasteiger partial charge in [-0.3, -0.25) is 4.68 Å². The fourth-order valence-corrected chi connectivity index (χ4v) is 3.62. The molecular weight excluding hydrogens is 388 g/mol. The molecule has 1 unspecified atom stereocenters. The van der Waals surface area contributed by atoms with Crippen molar-refractivity contribution in [1.82, 2.24) is 14.8 Å². The number of ether oxygens (including phenoxy) is 1. The van der Waals surface area contributed by atoms with Crippen molar-refractivity contribution in [2.75, 3.05) is 6.61 Å². The van der Waals surface area contributed by atoms with Crippen molar-refractivity contribution < 1.29 is 9.15 Å². The molecule has 1 aliphatic heterocycles. The lowest BCUT2D eigenvalue weighted by molar-refractivity contribution is 0.230. The number of rotatable bonds is 5. The summed E-state index contributed by atoms with van der Waals surface area (Å²) in [6.07, 6.45) is 6.59. The number of hydrogen-bond acceptors (Lipinski definition) is 5. The zero-order valence-corrected chi connectivity index (χ0v) is 16.2. The Morgan fingerprint density at radius 1 is 0.966 bits per heavy atom. The molecule has 0 saturated carbocycles. The normalized spacial score (nSPS) is 18.4. The molecule has 0 fully saturated rings. The van der Waals surface area contributed by atoms with E-state index in [0.29, 0.717) is 24.1 Å². The molecule has 1 atom stereocenters. The topological polar surface area (TPSA) is 65.4 Å².